The lowest BCUT2D eigenvalue weighted by atomic mass is 10.2. The van der Waals surface area contributed by atoms with Crippen molar-refractivity contribution in [2.45, 2.75) is 25.8 Å². The molecule has 2 aromatic rings. The van der Waals surface area contributed by atoms with Crippen molar-refractivity contribution in [3.8, 4) is 0 Å². The number of carbonyl (C=O) groups excluding carboxylic acids is 1. The lowest BCUT2D eigenvalue weighted by Crippen LogP contribution is -2.17. The first-order chi connectivity index (χ1) is 9.58. The largest absolute Gasteiger partial charge is 0.477 e. The Morgan fingerprint density at radius 1 is 1.45 bits per heavy atom. The Balaban J connectivity index is 1.87. The van der Waals surface area contributed by atoms with E-state index in [1.54, 1.807) is 18.4 Å². The lowest BCUT2D eigenvalue weighted by Gasteiger charge is -2.09. The van der Waals surface area contributed by atoms with Crippen molar-refractivity contribution in [2.24, 2.45) is 0 Å². The monoisotopic (exact) mass is 290 g/mol. The number of amides is 1. The standard InChI is InChI=1S/C14H14N2O3S/c1-8-7-20-12(14(18)19)11(8)15-13(17)10-3-2-6-16(10)9-4-5-9/h2-3,6-7,9H,4-5H2,1H3,(H,15,17)(H,18,19). The molecule has 0 unspecified atom stereocenters. The van der Waals surface area contributed by atoms with E-state index in [4.69, 9.17) is 5.11 Å². The number of carbonyl (C=O) groups is 2. The maximum atomic E-state index is 12.3. The molecule has 5 nitrogen and oxygen atoms in total. The minimum absolute atomic E-state index is 0.167. The lowest BCUT2D eigenvalue weighted by molar-refractivity contribution is 0.0703. The fraction of sp³-hybridized carbons (Fsp3) is 0.286. The van der Waals surface area contributed by atoms with E-state index in [2.05, 4.69) is 5.32 Å². The highest BCUT2D eigenvalue weighted by atomic mass is 32.1. The minimum Gasteiger partial charge on any atom is -0.477 e. The molecule has 20 heavy (non-hydrogen) atoms. The zero-order valence-electron chi connectivity index (χ0n) is 10.9. The first-order valence-electron chi connectivity index (χ1n) is 6.37. The molecule has 2 heterocycles. The Hall–Kier alpha value is -2.08. The predicted molar refractivity (Wildman–Crippen MR) is 76.7 cm³/mol. The van der Waals surface area contributed by atoms with E-state index in [1.165, 1.54) is 0 Å². The smallest absolute Gasteiger partial charge is 0.348 e. The van der Waals surface area contributed by atoms with Crippen LogP contribution in [0.1, 0.15) is 44.6 Å². The normalized spacial score (nSPS) is 14.2. The first kappa shape index (κ1) is 12.9. The van der Waals surface area contributed by atoms with Crippen molar-refractivity contribution >= 4 is 28.9 Å². The summed E-state index contributed by atoms with van der Waals surface area (Å²) < 4.78 is 1.96. The van der Waals surface area contributed by atoms with Gasteiger partial charge in [-0.25, -0.2) is 4.79 Å². The van der Waals surface area contributed by atoms with Gasteiger partial charge in [0.15, 0.2) is 0 Å². The molecule has 0 saturated heterocycles. The fourth-order valence-electron chi connectivity index (χ4n) is 2.19. The van der Waals surface area contributed by atoms with Crippen LogP contribution < -0.4 is 5.32 Å². The average molecular weight is 290 g/mol. The highest BCUT2D eigenvalue weighted by Crippen LogP contribution is 2.36. The van der Waals surface area contributed by atoms with Gasteiger partial charge in [-0.1, -0.05) is 0 Å². The summed E-state index contributed by atoms with van der Waals surface area (Å²) in [6.07, 6.45) is 4.07. The molecule has 2 N–H and O–H groups in total. The van der Waals surface area contributed by atoms with Crippen LogP contribution in [0.3, 0.4) is 0 Å². The second-order valence-electron chi connectivity index (χ2n) is 4.91. The first-order valence-corrected chi connectivity index (χ1v) is 7.25. The molecule has 0 spiro atoms. The molecule has 2 aromatic heterocycles. The molecular weight excluding hydrogens is 276 g/mol. The molecule has 1 aliphatic rings. The molecule has 1 amide bonds. The molecule has 0 atom stereocenters. The second-order valence-corrected chi connectivity index (χ2v) is 5.79. The van der Waals surface area contributed by atoms with E-state index >= 15 is 0 Å². The summed E-state index contributed by atoms with van der Waals surface area (Å²) in [6, 6.07) is 4.01. The number of carboxylic acid groups (broad SMARTS) is 1. The zero-order chi connectivity index (χ0) is 14.3. The molecular formula is C14H14N2O3S. The van der Waals surface area contributed by atoms with Gasteiger partial charge in [-0.3, -0.25) is 4.79 Å². The van der Waals surface area contributed by atoms with Crippen molar-refractivity contribution in [1.29, 1.82) is 0 Å². The minimum atomic E-state index is -1.02. The van der Waals surface area contributed by atoms with Crippen molar-refractivity contribution < 1.29 is 14.7 Å². The number of nitrogens with one attached hydrogen (secondary N) is 1. The van der Waals surface area contributed by atoms with Crippen molar-refractivity contribution in [3.63, 3.8) is 0 Å². The molecule has 6 heteroatoms. The molecule has 0 bridgehead atoms. The highest BCUT2D eigenvalue weighted by molar-refractivity contribution is 7.12. The van der Waals surface area contributed by atoms with Gasteiger partial charge in [-0.15, -0.1) is 11.3 Å². The number of hydrogen-bond acceptors (Lipinski definition) is 3. The van der Waals surface area contributed by atoms with E-state index in [-0.39, 0.29) is 10.8 Å². The SMILES string of the molecule is Cc1csc(C(=O)O)c1NC(=O)c1cccn1C1CC1. The van der Waals surface area contributed by atoms with Gasteiger partial charge in [0.05, 0.1) is 5.69 Å². The van der Waals surface area contributed by atoms with Crippen LogP contribution in [-0.4, -0.2) is 21.6 Å². The van der Waals surface area contributed by atoms with Crippen molar-refractivity contribution in [2.75, 3.05) is 5.32 Å². The molecule has 104 valence electrons. The van der Waals surface area contributed by atoms with Crippen LogP contribution in [0.25, 0.3) is 0 Å². The van der Waals surface area contributed by atoms with Gasteiger partial charge >= 0.3 is 5.97 Å². The number of hydrogen-bond donors (Lipinski definition) is 2. The molecule has 3 rings (SSSR count). The Morgan fingerprint density at radius 2 is 2.20 bits per heavy atom. The number of rotatable bonds is 4. The van der Waals surface area contributed by atoms with Crippen LogP contribution in [-0.2, 0) is 0 Å². The maximum absolute atomic E-state index is 12.3. The van der Waals surface area contributed by atoms with Gasteiger partial charge in [0.1, 0.15) is 10.6 Å². The number of thiophene rings is 1. The summed E-state index contributed by atoms with van der Waals surface area (Å²) in [6.45, 7) is 1.79. The Bertz CT molecular complexity index is 682. The number of anilines is 1. The third-order valence-corrected chi connectivity index (χ3v) is 4.45. The Morgan fingerprint density at radius 3 is 2.85 bits per heavy atom. The number of aromatic carboxylic acids is 1. The molecule has 0 aromatic carbocycles. The second kappa shape index (κ2) is 4.79. The van der Waals surface area contributed by atoms with Crippen molar-refractivity contribution in [3.05, 3.63) is 39.8 Å². The van der Waals surface area contributed by atoms with E-state index < -0.39 is 5.97 Å². The quantitative estimate of drug-likeness (QED) is 0.908. The van der Waals surface area contributed by atoms with Gasteiger partial charge in [0.25, 0.3) is 5.91 Å². The molecule has 0 aliphatic heterocycles. The van der Waals surface area contributed by atoms with E-state index in [0.29, 0.717) is 17.4 Å². The highest BCUT2D eigenvalue weighted by Gasteiger charge is 2.27. The average Bonchev–Trinajstić information content (AvgIpc) is 3.01. The van der Waals surface area contributed by atoms with Crippen LogP contribution in [0.2, 0.25) is 0 Å². The maximum Gasteiger partial charge on any atom is 0.348 e. The molecule has 0 radical (unpaired) electrons. The van der Waals surface area contributed by atoms with Gasteiger partial charge in [-0.05, 0) is 42.8 Å². The van der Waals surface area contributed by atoms with E-state index in [1.807, 2.05) is 16.8 Å². The zero-order valence-corrected chi connectivity index (χ0v) is 11.7. The van der Waals surface area contributed by atoms with Crippen LogP contribution in [0, 0.1) is 6.92 Å². The summed E-state index contributed by atoms with van der Waals surface area (Å²) in [7, 11) is 0. The van der Waals surface area contributed by atoms with Crippen LogP contribution >= 0.6 is 11.3 Å². The van der Waals surface area contributed by atoms with E-state index in [0.717, 1.165) is 29.7 Å². The summed E-state index contributed by atoms with van der Waals surface area (Å²) in [5.74, 6) is -1.28. The van der Waals surface area contributed by atoms with Gasteiger partial charge in [0.2, 0.25) is 0 Å². The Labute approximate surface area is 119 Å². The number of aromatic nitrogens is 1. The van der Waals surface area contributed by atoms with Crippen LogP contribution in [0.4, 0.5) is 5.69 Å². The number of carboxylic acids is 1. The van der Waals surface area contributed by atoms with Crippen LogP contribution in [0.15, 0.2) is 23.7 Å². The third kappa shape index (κ3) is 2.22. The van der Waals surface area contributed by atoms with Crippen molar-refractivity contribution in [1.82, 2.24) is 4.57 Å². The third-order valence-electron chi connectivity index (χ3n) is 3.36. The summed E-state index contributed by atoms with van der Waals surface area (Å²) in [5.41, 5.74) is 1.75. The fourth-order valence-corrected chi connectivity index (χ4v) is 3.03. The number of aryl methyl sites for hydroxylation is 1. The summed E-state index contributed by atoms with van der Waals surface area (Å²) >= 11 is 1.13. The van der Waals surface area contributed by atoms with Crippen LogP contribution in [0.5, 0.6) is 0 Å². The summed E-state index contributed by atoms with van der Waals surface area (Å²) in [5, 5.41) is 13.6. The Kier molecular flexibility index (Phi) is 3.10. The van der Waals surface area contributed by atoms with Gasteiger partial charge < -0.3 is 15.0 Å². The topological polar surface area (TPSA) is 71.3 Å². The summed E-state index contributed by atoms with van der Waals surface area (Å²) in [4.78, 5) is 23.6. The predicted octanol–water partition coefficient (Wildman–Crippen LogP) is 3.14. The molecule has 1 fully saturated rings. The van der Waals surface area contributed by atoms with Gasteiger partial charge in [0, 0.05) is 12.2 Å². The molecule has 1 saturated carbocycles. The number of nitrogens with zero attached hydrogens (tertiary/aromatic N) is 1. The molecule has 1 aliphatic carbocycles. The van der Waals surface area contributed by atoms with Gasteiger partial charge in [-0.2, -0.15) is 0 Å². The van der Waals surface area contributed by atoms with E-state index in [9.17, 15) is 9.59 Å².